The highest BCUT2D eigenvalue weighted by molar-refractivity contribution is 5.71. The largest absolute Gasteiger partial charge is 0.508 e. The van der Waals surface area contributed by atoms with Crippen LogP contribution in [0.1, 0.15) is 23.5 Å². The number of hydrogen-bond acceptors (Lipinski definition) is 3. The first kappa shape index (κ1) is 17.5. The van der Waals surface area contributed by atoms with Gasteiger partial charge in [-0.3, -0.25) is 0 Å². The van der Waals surface area contributed by atoms with Gasteiger partial charge in [0.2, 0.25) is 0 Å². The van der Waals surface area contributed by atoms with Crippen LogP contribution in [-0.2, 0) is 6.18 Å². The highest BCUT2D eigenvalue weighted by Crippen LogP contribution is 2.44. The lowest BCUT2D eigenvalue weighted by atomic mass is 9.99. The molecular formula is C21H17F3N2O. The highest BCUT2D eigenvalue weighted by atomic mass is 19.4. The van der Waals surface area contributed by atoms with E-state index in [0.717, 1.165) is 29.7 Å². The number of hydrogen-bond donors (Lipinski definition) is 2. The van der Waals surface area contributed by atoms with Gasteiger partial charge in [-0.05, 0) is 54.4 Å². The van der Waals surface area contributed by atoms with E-state index in [0.29, 0.717) is 17.0 Å². The van der Waals surface area contributed by atoms with Gasteiger partial charge < -0.3 is 10.8 Å². The lowest BCUT2D eigenvalue weighted by Crippen LogP contribution is -2.05. The molecule has 2 atom stereocenters. The minimum Gasteiger partial charge on any atom is -0.508 e. The molecule has 0 saturated heterocycles. The van der Waals surface area contributed by atoms with Crippen LogP contribution in [0.2, 0.25) is 0 Å². The summed E-state index contributed by atoms with van der Waals surface area (Å²) in [5.74, 6) is 0.328. The summed E-state index contributed by atoms with van der Waals surface area (Å²) in [5, 5.41) is 9.53. The van der Waals surface area contributed by atoms with Crippen LogP contribution >= 0.6 is 0 Å². The Balaban J connectivity index is 1.82. The maximum atomic E-state index is 13.0. The van der Waals surface area contributed by atoms with E-state index in [1.165, 1.54) is 6.07 Å². The predicted molar refractivity (Wildman–Crippen MR) is 97.1 cm³/mol. The summed E-state index contributed by atoms with van der Waals surface area (Å²) in [7, 11) is 0. The SMILES string of the molecule is NC1CC1c1ccc(-c2cccc(C(F)(F)F)c2)nc1-c1ccc(O)cc1. The fourth-order valence-corrected chi connectivity index (χ4v) is 3.21. The molecule has 3 aromatic rings. The van der Waals surface area contributed by atoms with Gasteiger partial charge in [0.05, 0.1) is 17.0 Å². The van der Waals surface area contributed by atoms with Crippen molar-refractivity contribution in [3.8, 4) is 28.3 Å². The van der Waals surface area contributed by atoms with Gasteiger partial charge >= 0.3 is 6.18 Å². The molecule has 0 aliphatic heterocycles. The molecule has 1 fully saturated rings. The number of nitrogens with two attached hydrogens (primary N) is 1. The summed E-state index contributed by atoms with van der Waals surface area (Å²) < 4.78 is 39.1. The molecule has 2 unspecified atom stereocenters. The normalized spacial score (nSPS) is 19.1. The summed E-state index contributed by atoms with van der Waals surface area (Å²) in [6.45, 7) is 0. The molecule has 6 heteroatoms. The molecule has 138 valence electrons. The second-order valence-corrected chi connectivity index (χ2v) is 6.77. The Morgan fingerprint density at radius 3 is 2.30 bits per heavy atom. The molecule has 1 aliphatic carbocycles. The Bertz CT molecular complexity index is 983. The maximum Gasteiger partial charge on any atom is 0.416 e. The zero-order valence-electron chi connectivity index (χ0n) is 14.2. The van der Waals surface area contributed by atoms with Gasteiger partial charge in [-0.15, -0.1) is 0 Å². The average Bonchev–Trinajstić information content (AvgIpc) is 3.38. The van der Waals surface area contributed by atoms with Crippen molar-refractivity contribution in [2.75, 3.05) is 0 Å². The molecular weight excluding hydrogens is 353 g/mol. The van der Waals surface area contributed by atoms with Crippen molar-refractivity contribution in [3.05, 3.63) is 71.8 Å². The first-order valence-electron chi connectivity index (χ1n) is 8.56. The lowest BCUT2D eigenvalue weighted by molar-refractivity contribution is -0.137. The number of pyridine rings is 1. The van der Waals surface area contributed by atoms with E-state index < -0.39 is 11.7 Å². The molecule has 3 nitrogen and oxygen atoms in total. The average molecular weight is 370 g/mol. The summed E-state index contributed by atoms with van der Waals surface area (Å²) in [6, 6.07) is 15.4. The van der Waals surface area contributed by atoms with Crippen LogP contribution in [0.5, 0.6) is 5.75 Å². The number of rotatable bonds is 3. The highest BCUT2D eigenvalue weighted by Gasteiger charge is 2.37. The maximum absolute atomic E-state index is 13.0. The Hall–Kier alpha value is -2.86. The van der Waals surface area contributed by atoms with Crippen molar-refractivity contribution in [1.29, 1.82) is 0 Å². The molecule has 2 aromatic carbocycles. The van der Waals surface area contributed by atoms with Crippen molar-refractivity contribution in [3.63, 3.8) is 0 Å². The summed E-state index contributed by atoms with van der Waals surface area (Å²) in [6.07, 6.45) is -3.55. The van der Waals surface area contributed by atoms with Gasteiger partial charge in [0, 0.05) is 23.1 Å². The molecule has 0 spiro atoms. The molecule has 1 aromatic heterocycles. The van der Waals surface area contributed by atoms with Crippen molar-refractivity contribution >= 4 is 0 Å². The van der Waals surface area contributed by atoms with Crippen molar-refractivity contribution in [2.45, 2.75) is 24.6 Å². The molecule has 1 saturated carbocycles. The third kappa shape index (κ3) is 3.53. The van der Waals surface area contributed by atoms with Crippen molar-refractivity contribution in [2.24, 2.45) is 5.73 Å². The van der Waals surface area contributed by atoms with Gasteiger partial charge in [-0.2, -0.15) is 13.2 Å². The monoisotopic (exact) mass is 370 g/mol. The smallest absolute Gasteiger partial charge is 0.416 e. The first-order valence-corrected chi connectivity index (χ1v) is 8.56. The van der Waals surface area contributed by atoms with E-state index in [2.05, 4.69) is 4.98 Å². The van der Waals surface area contributed by atoms with Crippen LogP contribution in [0.3, 0.4) is 0 Å². The standard InChI is InChI=1S/C21H17F3N2O/c22-21(23,24)14-3-1-2-13(10-14)19-9-8-16(17-11-18(17)25)20(26-19)12-4-6-15(27)7-5-12/h1-10,17-18,27H,11,25H2. The molecule has 4 rings (SSSR count). The number of nitrogens with zero attached hydrogens (tertiary/aromatic N) is 1. The van der Waals surface area contributed by atoms with E-state index in [-0.39, 0.29) is 17.7 Å². The Labute approximate surface area is 154 Å². The summed E-state index contributed by atoms with van der Waals surface area (Å²) in [5.41, 5.74) is 8.59. The Kier molecular flexibility index (Phi) is 4.15. The van der Waals surface area contributed by atoms with E-state index in [1.54, 1.807) is 36.4 Å². The third-order valence-corrected chi connectivity index (χ3v) is 4.79. The Morgan fingerprint density at radius 1 is 0.963 bits per heavy atom. The summed E-state index contributed by atoms with van der Waals surface area (Å²) in [4.78, 5) is 4.66. The molecule has 0 bridgehead atoms. The van der Waals surface area contributed by atoms with E-state index in [9.17, 15) is 18.3 Å². The second-order valence-electron chi connectivity index (χ2n) is 6.77. The number of aromatic nitrogens is 1. The minimum absolute atomic E-state index is 0.0714. The number of aromatic hydroxyl groups is 1. The Morgan fingerprint density at radius 2 is 1.67 bits per heavy atom. The van der Waals surface area contributed by atoms with Crippen molar-refractivity contribution in [1.82, 2.24) is 4.98 Å². The van der Waals surface area contributed by atoms with Gasteiger partial charge in [-0.25, -0.2) is 4.98 Å². The molecule has 1 aliphatic rings. The molecule has 0 amide bonds. The number of phenolic OH excluding ortho intramolecular Hbond substituents is 1. The number of alkyl halides is 3. The molecule has 1 heterocycles. The fraction of sp³-hybridized carbons (Fsp3) is 0.190. The van der Waals surface area contributed by atoms with E-state index in [4.69, 9.17) is 5.73 Å². The van der Waals surface area contributed by atoms with Crippen LogP contribution in [0.4, 0.5) is 13.2 Å². The zero-order chi connectivity index (χ0) is 19.2. The molecule has 0 radical (unpaired) electrons. The quantitative estimate of drug-likeness (QED) is 0.685. The molecule has 3 N–H and O–H groups in total. The number of phenols is 1. The van der Waals surface area contributed by atoms with Crippen LogP contribution in [0.25, 0.3) is 22.5 Å². The van der Waals surface area contributed by atoms with Gasteiger partial charge in [0.15, 0.2) is 0 Å². The van der Waals surface area contributed by atoms with E-state index >= 15 is 0 Å². The lowest BCUT2D eigenvalue weighted by Gasteiger charge is -2.13. The van der Waals surface area contributed by atoms with Crippen LogP contribution < -0.4 is 5.73 Å². The van der Waals surface area contributed by atoms with Crippen LogP contribution in [0.15, 0.2) is 60.7 Å². The fourth-order valence-electron chi connectivity index (χ4n) is 3.21. The second kappa shape index (κ2) is 6.39. The zero-order valence-corrected chi connectivity index (χ0v) is 14.2. The van der Waals surface area contributed by atoms with Gasteiger partial charge in [0.25, 0.3) is 0 Å². The predicted octanol–water partition coefficient (Wildman–Crippen LogP) is 4.95. The van der Waals surface area contributed by atoms with E-state index in [1.807, 2.05) is 6.07 Å². The minimum atomic E-state index is -4.41. The number of halogens is 3. The van der Waals surface area contributed by atoms with Crippen LogP contribution in [0, 0.1) is 0 Å². The topological polar surface area (TPSA) is 59.1 Å². The first-order chi connectivity index (χ1) is 12.8. The van der Waals surface area contributed by atoms with Crippen molar-refractivity contribution < 1.29 is 18.3 Å². The number of benzene rings is 2. The van der Waals surface area contributed by atoms with Gasteiger partial charge in [-0.1, -0.05) is 18.2 Å². The van der Waals surface area contributed by atoms with Gasteiger partial charge in [0.1, 0.15) is 5.75 Å². The third-order valence-electron chi connectivity index (χ3n) is 4.79. The summed E-state index contributed by atoms with van der Waals surface area (Å²) >= 11 is 0. The molecule has 27 heavy (non-hydrogen) atoms. The van der Waals surface area contributed by atoms with Crippen LogP contribution in [-0.4, -0.2) is 16.1 Å².